The van der Waals surface area contributed by atoms with Crippen LogP contribution in [-0.2, 0) is 6.61 Å². The molecule has 7 nitrogen and oxygen atoms in total. The molecule has 4 rings (SSSR count). The molecular weight excluding hydrogens is 346 g/mol. The molecular formula is C20H15N3O4. The lowest BCUT2D eigenvalue weighted by Crippen LogP contribution is -2.16. The van der Waals surface area contributed by atoms with Crippen LogP contribution in [0.5, 0.6) is 5.75 Å². The molecule has 0 radical (unpaired) electrons. The number of aromatic nitrogens is 2. The van der Waals surface area contributed by atoms with E-state index in [2.05, 4.69) is 10.3 Å². The molecule has 1 amide bonds. The number of carbonyl (C=O) groups is 1. The van der Waals surface area contributed by atoms with Crippen LogP contribution in [0.3, 0.4) is 0 Å². The van der Waals surface area contributed by atoms with Crippen LogP contribution in [0, 0.1) is 0 Å². The summed E-state index contributed by atoms with van der Waals surface area (Å²) in [5.41, 5.74) is 1.48. The molecule has 0 bridgehead atoms. The van der Waals surface area contributed by atoms with E-state index < -0.39 is 0 Å². The highest BCUT2D eigenvalue weighted by molar-refractivity contribution is 6.02. The Morgan fingerprint density at radius 1 is 1.11 bits per heavy atom. The lowest BCUT2D eigenvalue weighted by atomic mass is 10.3. The molecule has 3 aromatic heterocycles. The summed E-state index contributed by atoms with van der Waals surface area (Å²) in [6, 6.07) is 17.0. The van der Waals surface area contributed by atoms with Gasteiger partial charge in [0.05, 0.1) is 12.0 Å². The predicted molar refractivity (Wildman–Crippen MR) is 98.9 cm³/mol. The minimum Gasteiger partial charge on any atom is -0.487 e. The Morgan fingerprint density at radius 2 is 2.04 bits per heavy atom. The second-order valence-corrected chi connectivity index (χ2v) is 5.76. The summed E-state index contributed by atoms with van der Waals surface area (Å²) in [5, 5.41) is 2.73. The van der Waals surface area contributed by atoms with Crippen molar-refractivity contribution in [3.8, 4) is 5.75 Å². The van der Waals surface area contributed by atoms with Gasteiger partial charge in [0, 0.05) is 24.0 Å². The number of nitrogens with one attached hydrogen (secondary N) is 1. The first-order valence-corrected chi connectivity index (χ1v) is 8.24. The molecule has 134 valence electrons. The molecule has 0 spiro atoms. The number of benzene rings is 1. The molecule has 0 aliphatic carbocycles. The zero-order chi connectivity index (χ0) is 18.6. The van der Waals surface area contributed by atoms with Crippen molar-refractivity contribution in [2.75, 3.05) is 5.32 Å². The first-order chi connectivity index (χ1) is 13.2. The summed E-state index contributed by atoms with van der Waals surface area (Å²) in [6.45, 7) is 0.135. The van der Waals surface area contributed by atoms with Gasteiger partial charge in [-0.05, 0) is 36.4 Å². The van der Waals surface area contributed by atoms with Crippen molar-refractivity contribution >= 4 is 17.2 Å². The highest BCUT2D eigenvalue weighted by atomic mass is 16.5. The van der Waals surface area contributed by atoms with Crippen molar-refractivity contribution in [3.05, 3.63) is 94.9 Å². The zero-order valence-corrected chi connectivity index (χ0v) is 14.2. The van der Waals surface area contributed by atoms with Crippen LogP contribution < -0.4 is 15.6 Å². The van der Waals surface area contributed by atoms with Crippen LogP contribution in [-0.4, -0.2) is 15.3 Å². The maximum Gasteiger partial charge on any atom is 0.291 e. The fourth-order valence-electron chi connectivity index (χ4n) is 2.60. The molecule has 0 fully saturated rings. The number of amides is 1. The SMILES string of the molecule is O=C(Nc1cccc(OCc2cc(=O)n3ccccc3n2)c1)c1ccco1. The number of pyridine rings is 1. The van der Waals surface area contributed by atoms with E-state index in [1.54, 1.807) is 54.7 Å². The Balaban J connectivity index is 1.47. The first-order valence-electron chi connectivity index (χ1n) is 8.24. The van der Waals surface area contributed by atoms with Crippen LogP contribution in [0.15, 0.2) is 82.3 Å². The quantitative estimate of drug-likeness (QED) is 0.590. The number of carbonyl (C=O) groups excluding carboxylic acids is 1. The van der Waals surface area contributed by atoms with E-state index in [1.165, 1.54) is 16.7 Å². The van der Waals surface area contributed by atoms with Gasteiger partial charge >= 0.3 is 0 Å². The fourth-order valence-corrected chi connectivity index (χ4v) is 2.60. The summed E-state index contributed by atoms with van der Waals surface area (Å²) in [4.78, 5) is 28.6. The van der Waals surface area contributed by atoms with Crippen molar-refractivity contribution in [1.82, 2.24) is 9.38 Å². The van der Waals surface area contributed by atoms with E-state index in [-0.39, 0.29) is 23.8 Å². The van der Waals surface area contributed by atoms with Crippen molar-refractivity contribution < 1.29 is 13.9 Å². The third kappa shape index (κ3) is 3.72. The lowest BCUT2D eigenvalue weighted by molar-refractivity contribution is 0.0996. The first kappa shape index (κ1) is 16.6. The van der Waals surface area contributed by atoms with Gasteiger partial charge in [0.25, 0.3) is 11.5 Å². The smallest absolute Gasteiger partial charge is 0.291 e. The molecule has 0 saturated heterocycles. The number of anilines is 1. The minimum atomic E-state index is -0.346. The Bertz CT molecular complexity index is 1150. The number of nitrogens with zero attached hydrogens (tertiary/aromatic N) is 2. The average molecular weight is 361 g/mol. The Kier molecular flexibility index (Phi) is 4.40. The molecule has 0 saturated carbocycles. The van der Waals surface area contributed by atoms with Crippen molar-refractivity contribution in [3.63, 3.8) is 0 Å². The van der Waals surface area contributed by atoms with Crippen LogP contribution >= 0.6 is 0 Å². The molecule has 0 aliphatic heterocycles. The van der Waals surface area contributed by atoms with Gasteiger partial charge in [-0.3, -0.25) is 14.0 Å². The van der Waals surface area contributed by atoms with Gasteiger partial charge in [0.1, 0.15) is 18.0 Å². The third-order valence-electron chi connectivity index (χ3n) is 3.85. The Morgan fingerprint density at radius 3 is 2.89 bits per heavy atom. The van der Waals surface area contributed by atoms with E-state index in [0.29, 0.717) is 22.8 Å². The van der Waals surface area contributed by atoms with E-state index in [9.17, 15) is 9.59 Å². The van der Waals surface area contributed by atoms with Crippen molar-refractivity contribution in [1.29, 1.82) is 0 Å². The highest BCUT2D eigenvalue weighted by Crippen LogP contribution is 2.19. The summed E-state index contributed by atoms with van der Waals surface area (Å²) >= 11 is 0. The molecule has 0 unspecified atom stereocenters. The van der Waals surface area contributed by atoms with Gasteiger partial charge in [0.2, 0.25) is 0 Å². The average Bonchev–Trinajstić information content (AvgIpc) is 3.22. The van der Waals surface area contributed by atoms with Crippen LogP contribution in [0.25, 0.3) is 5.65 Å². The normalized spacial score (nSPS) is 10.7. The third-order valence-corrected chi connectivity index (χ3v) is 3.85. The number of hydrogen-bond donors (Lipinski definition) is 1. The molecule has 1 aromatic carbocycles. The van der Waals surface area contributed by atoms with Gasteiger partial charge in [-0.25, -0.2) is 4.98 Å². The predicted octanol–water partition coefficient (Wildman–Crippen LogP) is 3.12. The number of hydrogen-bond acceptors (Lipinski definition) is 5. The van der Waals surface area contributed by atoms with E-state index in [1.807, 2.05) is 6.07 Å². The molecule has 4 aromatic rings. The molecule has 27 heavy (non-hydrogen) atoms. The lowest BCUT2D eigenvalue weighted by Gasteiger charge is -2.09. The fraction of sp³-hybridized carbons (Fsp3) is 0.0500. The van der Waals surface area contributed by atoms with Crippen molar-refractivity contribution in [2.24, 2.45) is 0 Å². The Labute approximate surface area is 153 Å². The standard InChI is InChI=1S/C20H15N3O4/c24-19-12-15(21-18-8-1-2-9-23(18)19)13-27-16-6-3-5-14(11-16)22-20(25)17-7-4-10-26-17/h1-12H,13H2,(H,22,25). The summed E-state index contributed by atoms with van der Waals surface area (Å²) in [6.07, 6.45) is 3.11. The maximum absolute atomic E-state index is 12.1. The van der Waals surface area contributed by atoms with Gasteiger partial charge in [0.15, 0.2) is 5.76 Å². The van der Waals surface area contributed by atoms with E-state index in [0.717, 1.165) is 0 Å². The Hall–Kier alpha value is -3.87. The molecule has 0 aliphatic rings. The molecule has 7 heteroatoms. The molecule has 3 heterocycles. The number of furan rings is 1. The zero-order valence-electron chi connectivity index (χ0n) is 14.2. The van der Waals surface area contributed by atoms with Gasteiger partial charge in [-0.2, -0.15) is 0 Å². The highest BCUT2D eigenvalue weighted by Gasteiger charge is 2.09. The van der Waals surface area contributed by atoms with Crippen LogP contribution in [0.4, 0.5) is 5.69 Å². The summed E-state index contributed by atoms with van der Waals surface area (Å²) in [5.74, 6) is 0.422. The molecule has 1 N–H and O–H groups in total. The molecule has 0 atom stereocenters. The maximum atomic E-state index is 12.1. The number of rotatable bonds is 5. The largest absolute Gasteiger partial charge is 0.487 e. The van der Waals surface area contributed by atoms with E-state index >= 15 is 0 Å². The van der Waals surface area contributed by atoms with Gasteiger partial charge in [-0.15, -0.1) is 0 Å². The second kappa shape index (κ2) is 7.17. The van der Waals surface area contributed by atoms with Gasteiger partial charge < -0.3 is 14.5 Å². The van der Waals surface area contributed by atoms with Gasteiger partial charge in [-0.1, -0.05) is 12.1 Å². The number of fused-ring (bicyclic) bond motifs is 1. The topological polar surface area (TPSA) is 85.8 Å². The minimum absolute atomic E-state index is 0.135. The van der Waals surface area contributed by atoms with Crippen LogP contribution in [0.1, 0.15) is 16.2 Å². The summed E-state index contributed by atoms with van der Waals surface area (Å²) < 4.78 is 12.3. The van der Waals surface area contributed by atoms with Crippen LogP contribution in [0.2, 0.25) is 0 Å². The van der Waals surface area contributed by atoms with Crippen molar-refractivity contribution in [2.45, 2.75) is 6.61 Å². The number of ether oxygens (including phenoxy) is 1. The van der Waals surface area contributed by atoms with E-state index in [4.69, 9.17) is 9.15 Å². The second-order valence-electron chi connectivity index (χ2n) is 5.76. The monoisotopic (exact) mass is 361 g/mol. The summed E-state index contributed by atoms with van der Waals surface area (Å²) in [7, 11) is 0.